The molecule has 0 atom stereocenters. The first kappa shape index (κ1) is 15.2. The SMILES string of the molecule is CCCc1cc(N(CC2CCNCC2)C(C)C)ncn1. The summed E-state index contributed by atoms with van der Waals surface area (Å²) in [5.41, 5.74) is 1.16. The standard InChI is InChI=1S/C16H28N4/c1-4-5-15-10-16(19-12-18-15)20(13(2)3)11-14-6-8-17-9-7-14/h10,12-14,17H,4-9,11H2,1-3H3. The molecule has 1 aliphatic rings. The van der Waals surface area contributed by atoms with Gasteiger partial charge in [0.05, 0.1) is 0 Å². The fourth-order valence-electron chi connectivity index (χ4n) is 2.85. The molecule has 0 radical (unpaired) electrons. The smallest absolute Gasteiger partial charge is 0.132 e. The zero-order valence-corrected chi connectivity index (χ0v) is 13.1. The van der Waals surface area contributed by atoms with Crippen LogP contribution in [0.1, 0.15) is 45.7 Å². The van der Waals surface area contributed by atoms with E-state index in [4.69, 9.17) is 0 Å². The molecule has 1 aliphatic heterocycles. The van der Waals surface area contributed by atoms with Gasteiger partial charge in [0.15, 0.2) is 0 Å². The second kappa shape index (κ2) is 7.58. The Morgan fingerprint density at radius 3 is 2.70 bits per heavy atom. The monoisotopic (exact) mass is 276 g/mol. The Morgan fingerprint density at radius 2 is 2.05 bits per heavy atom. The lowest BCUT2D eigenvalue weighted by Crippen LogP contribution is -2.40. The van der Waals surface area contributed by atoms with Crippen LogP contribution in [0.25, 0.3) is 0 Å². The molecule has 112 valence electrons. The molecule has 4 nitrogen and oxygen atoms in total. The Bertz CT molecular complexity index is 399. The third-order valence-electron chi connectivity index (χ3n) is 4.05. The predicted octanol–water partition coefficient (Wildman–Crippen LogP) is 2.64. The van der Waals surface area contributed by atoms with Gasteiger partial charge in [-0.15, -0.1) is 0 Å². The molecular formula is C16H28N4. The van der Waals surface area contributed by atoms with Crippen molar-refractivity contribution in [2.24, 2.45) is 5.92 Å². The van der Waals surface area contributed by atoms with E-state index in [0.717, 1.165) is 49.9 Å². The minimum atomic E-state index is 0.481. The minimum Gasteiger partial charge on any atom is -0.354 e. The molecule has 1 saturated heterocycles. The fourth-order valence-corrected chi connectivity index (χ4v) is 2.85. The zero-order chi connectivity index (χ0) is 14.4. The maximum atomic E-state index is 4.51. The second-order valence-corrected chi connectivity index (χ2v) is 6.06. The molecule has 2 heterocycles. The average molecular weight is 276 g/mol. The summed E-state index contributed by atoms with van der Waals surface area (Å²) in [6.07, 6.45) is 6.44. The highest BCUT2D eigenvalue weighted by Gasteiger charge is 2.20. The molecule has 4 heteroatoms. The van der Waals surface area contributed by atoms with Crippen molar-refractivity contribution in [1.82, 2.24) is 15.3 Å². The van der Waals surface area contributed by atoms with E-state index in [9.17, 15) is 0 Å². The molecule has 1 fully saturated rings. The van der Waals surface area contributed by atoms with Crippen molar-refractivity contribution in [1.29, 1.82) is 0 Å². The van der Waals surface area contributed by atoms with Crippen LogP contribution >= 0.6 is 0 Å². The molecule has 1 aromatic heterocycles. The highest BCUT2D eigenvalue weighted by atomic mass is 15.2. The summed E-state index contributed by atoms with van der Waals surface area (Å²) in [6, 6.07) is 2.65. The van der Waals surface area contributed by atoms with Crippen LogP contribution in [0.5, 0.6) is 0 Å². The molecule has 0 spiro atoms. The van der Waals surface area contributed by atoms with Crippen molar-refractivity contribution < 1.29 is 0 Å². The van der Waals surface area contributed by atoms with E-state index < -0.39 is 0 Å². The lowest BCUT2D eigenvalue weighted by Gasteiger charge is -2.33. The molecular weight excluding hydrogens is 248 g/mol. The molecule has 1 N–H and O–H groups in total. The minimum absolute atomic E-state index is 0.481. The summed E-state index contributed by atoms with van der Waals surface area (Å²) in [7, 11) is 0. The highest BCUT2D eigenvalue weighted by Crippen LogP contribution is 2.21. The number of hydrogen-bond donors (Lipinski definition) is 1. The molecule has 20 heavy (non-hydrogen) atoms. The van der Waals surface area contributed by atoms with Gasteiger partial charge in [-0.05, 0) is 52.1 Å². The van der Waals surface area contributed by atoms with E-state index in [1.165, 1.54) is 12.8 Å². The molecule has 1 aromatic rings. The van der Waals surface area contributed by atoms with Crippen LogP contribution in [0.4, 0.5) is 5.82 Å². The molecule has 0 saturated carbocycles. The van der Waals surface area contributed by atoms with Crippen LogP contribution in [-0.2, 0) is 6.42 Å². The number of piperidine rings is 1. The Labute approximate surface area is 123 Å². The van der Waals surface area contributed by atoms with Crippen molar-refractivity contribution in [3.63, 3.8) is 0 Å². The van der Waals surface area contributed by atoms with E-state index in [1.807, 2.05) is 0 Å². The van der Waals surface area contributed by atoms with Gasteiger partial charge in [0, 0.05) is 24.3 Å². The first-order chi connectivity index (χ1) is 9.70. The molecule has 0 aliphatic carbocycles. The Kier molecular flexibility index (Phi) is 5.77. The summed E-state index contributed by atoms with van der Waals surface area (Å²) < 4.78 is 0. The van der Waals surface area contributed by atoms with Gasteiger partial charge < -0.3 is 10.2 Å². The molecule has 0 aromatic carbocycles. The van der Waals surface area contributed by atoms with Gasteiger partial charge in [0.2, 0.25) is 0 Å². The van der Waals surface area contributed by atoms with Crippen LogP contribution < -0.4 is 10.2 Å². The molecule has 0 bridgehead atoms. The fraction of sp³-hybridized carbons (Fsp3) is 0.750. The molecule has 0 unspecified atom stereocenters. The van der Waals surface area contributed by atoms with Crippen molar-refractivity contribution in [2.45, 2.75) is 52.5 Å². The van der Waals surface area contributed by atoms with E-state index in [1.54, 1.807) is 6.33 Å². The number of aryl methyl sites for hydroxylation is 1. The molecule has 2 rings (SSSR count). The summed E-state index contributed by atoms with van der Waals surface area (Å²) >= 11 is 0. The maximum absolute atomic E-state index is 4.51. The topological polar surface area (TPSA) is 41.0 Å². The van der Waals surface area contributed by atoms with E-state index >= 15 is 0 Å². The van der Waals surface area contributed by atoms with Gasteiger partial charge in [0.25, 0.3) is 0 Å². The lowest BCUT2D eigenvalue weighted by molar-refractivity contribution is 0.367. The third-order valence-corrected chi connectivity index (χ3v) is 4.05. The van der Waals surface area contributed by atoms with Crippen molar-refractivity contribution in [3.8, 4) is 0 Å². The van der Waals surface area contributed by atoms with Crippen molar-refractivity contribution in [3.05, 3.63) is 18.1 Å². The van der Waals surface area contributed by atoms with Crippen LogP contribution in [0, 0.1) is 5.92 Å². The lowest BCUT2D eigenvalue weighted by atomic mass is 9.97. The van der Waals surface area contributed by atoms with Gasteiger partial charge in [0.1, 0.15) is 12.1 Å². The van der Waals surface area contributed by atoms with Gasteiger partial charge in [-0.2, -0.15) is 0 Å². The number of rotatable bonds is 6. The van der Waals surface area contributed by atoms with Crippen molar-refractivity contribution in [2.75, 3.05) is 24.5 Å². The zero-order valence-electron chi connectivity index (χ0n) is 13.1. The van der Waals surface area contributed by atoms with Crippen LogP contribution in [0.15, 0.2) is 12.4 Å². The Balaban J connectivity index is 2.08. The predicted molar refractivity (Wildman–Crippen MR) is 84.1 cm³/mol. The van der Waals surface area contributed by atoms with Gasteiger partial charge in [-0.1, -0.05) is 13.3 Å². The number of aromatic nitrogens is 2. The van der Waals surface area contributed by atoms with Gasteiger partial charge in [-0.3, -0.25) is 0 Å². The number of nitrogens with one attached hydrogen (secondary N) is 1. The van der Waals surface area contributed by atoms with Crippen LogP contribution in [-0.4, -0.2) is 35.6 Å². The summed E-state index contributed by atoms with van der Waals surface area (Å²) in [5, 5.41) is 3.44. The Morgan fingerprint density at radius 1 is 1.30 bits per heavy atom. The van der Waals surface area contributed by atoms with E-state index in [2.05, 4.69) is 47.0 Å². The quantitative estimate of drug-likeness (QED) is 0.867. The summed E-state index contributed by atoms with van der Waals surface area (Å²) in [6.45, 7) is 10.1. The first-order valence-electron chi connectivity index (χ1n) is 7.99. The Hall–Kier alpha value is -1.16. The van der Waals surface area contributed by atoms with E-state index in [0.29, 0.717) is 6.04 Å². The number of anilines is 1. The third kappa shape index (κ3) is 4.17. The average Bonchev–Trinajstić information content (AvgIpc) is 2.46. The van der Waals surface area contributed by atoms with Gasteiger partial charge in [-0.25, -0.2) is 9.97 Å². The normalized spacial score (nSPS) is 16.6. The molecule has 0 amide bonds. The van der Waals surface area contributed by atoms with Crippen LogP contribution in [0.2, 0.25) is 0 Å². The summed E-state index contributed by atoms with van der Waals surface area (Å²) in [5.74, 6) is 1.88. The summed E-state index contributed by atoms with van der Waals surface area (Å²) in [4.78, 5) is 11.3. The number of hydrogen-bond acceptors (Lipinski definition) is 4. The highest BCUT2D eigenvalue weighted by molar-refractivity contribution is 5.40. The largest absolute Gasteiger partial charge is 0.354 e. The van der Waals surface area contributed by atoms with Gasteiger partial charge >= 0.3 is 0 Å². The second-order valence-electron chi connectivity index (χ2n) is 6.06. The maximum Gasteiger partial charge on any atom is 0.132 e. The van der Waals surface area contributed by atoms with Crippen LogP contribution in [0.3, 0.4) is 0 Å². The van der Waals surface area contributed by atoms with Crippen molar-refractivity contribution >= 4 is 5.82 Å². The first-order valence-corrected chi connectivity index (χ1v) is 7.99. The number of nitrogens with zero attached hydrogens (tertiary/aromatic N) is 3. The van der Waals surface area contributed by atoms with E-state index in [-0.39, 0.29) is 0 Å².